The van der Waals surface area contributed by atoms with Crippen molar-refractivity contribution in [2.45, 2.75) is 12.8 Å². The first-order valence-electron chi connectivity index (χ1n) is 4.04. The molecule has 0 bridgehead atoms. The summed E-state index contributed by atoms with van der Waals surface area (Å²) in [5.41, 5.74) is 0.973. The van der Waals surface area contributed by atoms with Crippen molar-refractivity contribution in [1.82, 2.24) is 0 Å². The molecule has 70 valence electrons. The molecule has 1 atom stereocenters. The zero-order valence-electron chi connectivity index (χ0n) is 7.15. The molecule has 0 aromatic heterocycles. The maximum atomic E-state index is 12.3. The number of hydrogen-bond donors (Lipinski definition) is 0. The Labute approximate surface area is 76.3 Å². The minimum absolute atomic E-state index is 0.168. The third-order valence-corrected chi connectivity index (χ3v) is 1.54. The normalized spacial score (nSPS) is 12.4. The van der Waals surface area contributed by atoms with E-state index in [2.05, 4.69) is 0 Å². The predicted octanol–water partition coefficient (Wildman–Crippen LogP) is 1.74. The van der Waals surface area contributed by atoms with Crippen molar-refractivity contribution >= 4 is 6.29 Å². The third-order valence-electron chi connectivity index (χ3n) is 1.54. The van der Waals surface area contributed by atoms with E-state index in [1.165, 1.54) is 0 Å². The van der Waals surface area contributed by atoms with E-state index in [4.69, 9.17) is 4.74 Å². The summed E-state index contributed by atoms with van der Waals surface area (Å²) in [4.78, 5) is 9.89. The molecule has 0 aliphatic rings. The van der Waals surface area contributed by atoms with Crippen LogP contribution in [0.4, 0.5) is 4.39 Å². The SMILES string of the molecule is O=C[C@H](F)COCc1ccccc1. The second-order valence-corrected chi connectivity index (χ2v) is 2.65. The van der Waals surface area contributed by atoms with Crippen LogP contribution in [0.5, 0.6) is 0 Å². The highest BCUT2D eigenvalue weighted by molar-refractivity contribution is 5.55. The summed E-state index contributed by atoms with van der Waals surface area (Å²) in [7, 11) is 0. The van der Waals surface area contributed by atoms with Crippen molar-refractivity contribution in [2.75, 3.05) is 6.61 Å². The van der Waals surface area contributed by atoms with Crippen LogP contribution in [0.2, 0.25) is 0 Å². The number of halogens is 1. The van der Waals surface area contributed by atoms with Crippen molar-refractivity contribution in [3.05, 3.63) is 35.9 Å². The first kappa shape index (κ1) is 9.86. The van der Waals surface area contributed by atoms with Crippen LogP contribution in [0, 0.1) is 0 Å². The monoisotopic (exact) mass is 182 g/mol. The van der Waals surface area contributed by atoms with Crippen molar-refractivity contribution in [1.29, 1.82) is 0 Å². The Morgan fingerprint density at radius 2 is 2.08 bits per heavy atom. The Kier molecular flexibility index (Phi) is 4.12. The molecular formula is C10H11FO2. The van der Waals surface area contributed by atoms with Crippen molar-refractivity contribution in [3.63, 3.8) is 0 Å². The third kappa shape index (κ3) is 3.80. The van der Waals surface area contributed by atoms with Crippen LogP contribution < -0.4 is 0 Å². The summed E-state index contributed by atoms with van der Waals surface area (Å²) in [6, 6.07) is 9.42. The Morgan fingerprint density at radius 3 is 2.69 bits per heavy atom. The van der Waals surface area contributed by atoms with Gasteiger partial charge >= 0.3 is 0 Å². The van der Waals surface area contributed by atoms with Crippen LogP contribution in [-0.2, 0) is 16.1 Å². The van der Waals surface area contributed by atoms with Crippen LogP contribution in [-0.4, -0.2) is 19.1 Å². The molecule has 0 unspecified atom stereocenters. The van der Waals surface area contributed by atoms with Crippen molar-refractivity contribution in [3.8, 4) is 0 Å². The van der Waals surface area contributed by atoms with Crippen LogP contribution in [0.15, 0.2) is 30.3 Å². The average Bonchev–Trinajstić information content (AvgIpc) is 2.19. The molecule has 2 nitrogen and oxygen atoms in total. The largest absolute Gasteiger partial charge is 0.373 e. The fourth-order valence-electron chi connectivity index (χ4n) is 0.903. The van der Waals surface area contributed by atoms with Crippen molar-refractivity contribution < 1.29 is 13.9 Å². The number of alkyl halides is 1. The topological polar surface area (TPSA) is 26.3 Å². The van der Waals surface area contributed by atoms with Gasteiger partial charge in [0, 0.05) is 0 Å². The van der Waals surface area contributed by atoms with Gasteiger partial charge in [-0.1, -0.05) is 30.3 Å². The standard InChI is InChI=1S/C10H11FO2/c11-10(6-12)8-13-7-9-4-2-1-3-5-9/h1-6,10H,7-8H2/t10-/m0/s1. The lowest BCUT2D eigenvalue weighted by Crippen LogP contribution is -2.11. The maximum absolute atomic E-state index is 12.3. The van der Waals surface area contributed by atoms with Gasteiger partial charge in [0.25, 0.3) is 0 Å². The highest BCUT2D eigenvalue weighted by Crippen LogP contribution is 2.01. The first-order chi connectivity index (χ1) is 6.33. The number of carbonyl (C=O) groups is 1. The molecule has 0 N–H and O–H groups in total. The number of benzene rings is 1. The number of carbonyl (C=O) groups excluding carboxylic acids is 1. The maximum Gasteiger partial charge on any atom is 0.178 e. The molecule has 3 heteroatoms. The van der Waals surface area contributed by atoms with E-state index < -0.39 is 6.17 Å². The molecule has 0 aliphatic heterocycles. The molecule has 13 heavy (non-hydrogen) atoms. The van der Waals surface area contributed by atoms with Gasteiger partial charge in [-0.05, 0) is 5.56 Å². The number of ether oxygens (including phenoxy) is 1. The van der Waals surface area contributed by atoms with E-state index in [0.717, 1.165) is 5.56 Å². The van der Waals surface area contributed by atoms with Gasteiger partial charge in [0.15, 0.2) is 12.5 Å². The molecule has 0 spiro atoms. The summed E-state index contributed by atoms with van der Waals surface area (Å²) in [6.07, 6.45) is -1.27. The van der Waals surface area contributed by atoms with Gasteiger partial charge in [-0.3, -0.25) is 0 Å². The predicted molar refractivity (Wildman–Crippen MR) is 47.1 cm³/mol. The molecule has 1 aromatic rings. The van der Waals surface area contributed by atoms with Crippen molar-refractivity contribution in [2.24, 2.45) is 0 Å². The lowest BCUT2D eigenvalue weighted by atomic mass is 10.2. The minimum atomic E-state index is -1.51. The zero-order valence-corrected chi connectivity index (χ0v) is 7.15. The van der Waals surface area contributed by atoms with Gasteiger partial charge in [0.05, 0.1) is 13.2 Å². The average molecular weight is 182 g/mol. The lowest BCUT2D eigenvalue weighted by Gasteiger charge is -2.03. The summed E-state index contributed by atoms with van der Waals surface area (Å²) in [6.45, 7) is 0.174. The highest BCUT2D eigenvalue weighted by Gasteiger charge is 2.02. The molecule has 0 radical (unpaired) electrons. The Morgan fingerprint density at radius 1 is 1.38 bits per heavy atom. The van der Waals surface area contributed by atoms with Gasteiger partial charge in [0.1, 0.15) is 0 Å². The second-order valence-electron chi connectivity index (χ2n) is 2.65. The second kappa shape index (κ2) is 5.43. The summed E-state index contributed by atoms with van der Waals surface area (Å²) >= 11 is 0. The number of aldehydes is 1. The molecule has 1 aromatic carbocycles. The van der Waals surface area contributed by atoms with E-state index in [1.54, 1.807) is 0 Å². The fraction of sp³-hybridized carbons (Fsp3) is 0.300. The van der Waals surface area contributed by atoms with Gasteiger partial charge < -0.3 is 9.53 Å². The zero-order chi connectivity index (χ0) is 9.52. The summed E-state index contributed by atoms with van der Waals surface area (Å²) in [5.74, 6) is 0. The molecular weight excluding hydrogens is 171 g/mol. The van der Waals surface area contributed by atoms with Crippen LogP contribution >= 0.6 is 0 Å². The minimum Gasteiger partial charge on any atom is -0.373 e. The Hall–Kier alpha value is -1.22. The quantitative estimate of drug-likeness (QED) is 0.648. The van der Waals surface area contributed by atoms with E-state index in [-0.39, 0.29) is 12.9 Å². The molecule has 1 rings (SSSR count). The Balaban J connectivity index is 2.24. The molecule has 0 aliphatic carbocycles. The molecule has 0 saturated carbocycles. The highest BCUT2D eigenvalue weighted by atomic mass is 19.1. The molecule has 0 amide bonds. The van der Waals surface area contributed by atoms with E-state index in [1.807, 2.05) is 30.3 Å². The number of hydrogen-bond acceptors (Lipinski definition) is 2. The van der Waals surface area contributed by atoms with Gasteiger partial charge in [0.2, 0.25) is 0 Å². The van der Waals surface area contributed by atoms with E-state index in [0.29, 0.717) is 6.61 Å². The number of rotatable bonds is 5. The van der Waals surface area contributed by atoms with E-state index >= 15 is 0 Å². The summed E-state index contributed by atoms with van der Waals surface area (Å²) in [5, 5.41) is 0. The van der Waals surface area contributed by atoms with Gasteiger partial charge in [-0.15, -0.1) is 0 Å². The van der Waals surface area contributed by atoms with Crippen LogP contribution in [0.3, 0.4) is 0 Å². The lowest BCUT2D eigenvalue weighted by molar-refractivity contribution is -0.114. The Bertz CT molecular complexity index is 248. The molecule has 0 saturated heterocycles. The summed E-state index contributed by atoms with van der Waals surface area (Å²) < 4.78 is 17.3. The van der Waals surface area contributed by atoms with Gasteiger partial charge in [-0.2, -0.15) is 0 Å². The van der Waals surface area contributed by atoms with E-state index in [9.17, 15) is 9.18 Å². The molecule has 0 heterocycles. The molecule has 0 fully saturated rings. The smallest absolute Gasteiger partial charge is 0.178 e. The van der Waals surface area contributed by atoms with Gasteiger partial charge in [-0.25, -0.2) is 4.39 Å². The fourth-order valence-corrected chi connectivity index (χ4v) is 0.903. The van der Waals surface area contributed by atoms with Crippen LogP contribution in [0.25, 0.3) is 0 Å². The van der Waals surface area contributed by atoms with Crippen LogP contribution in [0.1, 0.15) is 5.56 Å². The first-order valence-corrected chi connectivity index (χ1v) is 4.04.